The smallest absolute Gasteiger partial charge is 0.238 e. The summed E-state index contributed by atoms with van der Waals surface area (Å²) < 4.78 is 5.61. The summed E-state index contributed by atoms with van der Waals surface area (Å²) in [7, 11) is 0. The second-order valence-electron chi connectivity index (χ2n) is 4.35. The lowest BCUT2D eigenvalue weighted by atomic mass is 10.3. The highest BCUT2D eigenvalue weighted by molar-refractivity contribution is 5.48. The van der Waals surface area contributed by atoms with Gasteiger partial charge in [0, 0.05) is 24.5 Å². The van der Waals surface area contributed by atoms with Crippen molar-refractivity contribution in [2.75, 3.05) is 18.5 Å². The van der Waals surface area contributed by atoms with Crippen LogP contribution in [0.4, 0.5) is 5.69 Å². The van der Waals surface area contributed by atoms with E-state index in [1.165, 1.54) is 0 Å². The average molecular weight is 275 g/mol. The fourth-order valence-electron chi connectivity index (χ4n) is 1.58. The minimum atomic E-state index is -0.790. The normalized spacial score (nSPS) is 11.9. The van der Waals surface area contributed by atoms with E-state index in [1.54, 1.807) is 24.5 Å². The molecule has 0 aliphatic rings. The van der Waals surface area contributed by atoms with Crippen molar-refractivity contribution in [1.82, 2.24) is 9.97 Å². The zero-order valence-electron chi connectivity index (χ0n) is 11.2. The van der Waals surface area contributed by atoms with Crippen LogP contribution in [0.25, 0.3) is 0 Å². The maximum Gasteiger partial charge on any atom is 0.238 e. The molecule has 0 bridgehead atoms. The number of anilines is 1. The molecule has 0 saturated heterocycles. The van der Waals surface area contributed by atoms with Crippen LogP contribution >= 0.6 is 0 Å². The Morgan fingerprint density at radius 2 is 2.20 bits per heavy atom. The maximum atomic E-state index is 9.29. The quantitative estimate of drug-likeness (QED) is 0.737. The molecule has 1 heterocycles. The molecule has 0 radical (unpaired) electrons. The van der Waals surface area contributed by atoms with Crippen LogP contribution < -0.4 is 10.1 Å². The van der Waals surface area contributed by atoms with E-state index >= 15 is 0 Å². The summed E-state index contributed by atoms with van der Waals surface area (Å²) in [6.07, 6.45) is 2.41. The van der Waals surface area contributed by atoms with Gasteiger partial charge in [-0.25, -0.2) is 4.98 Å². The molecule has 2 rings (SSSR count). The maximum absolute atomic E-state index is 9.29. The van der Waals surface area contributed by atoms with Crippen molar-refractivity contribution in [2.24, 2.45) is 0 Å². The van der Waals surface area contributed by atoms with Crippen molar-refractivity contribution < 1.29 is 14.9 Å². The Morgan fingerprint density at radius 1 is 1.35 bits per heavy atom. The number of rotatable bonds is 6. The van der Waals surface area contributed by atoms with Crippen LogP contribution in [0.5, 0.6) is 11.6 Å². The molecule has 20 heavy (non-hydrogen) atoms. The number of hydrogen-bond acceptors (Lipinski definition) is 6. The third-order valence-corrected chi connectivity index (χ3v) is 2.54. The van der Waals surface area contributed by atoms with Crippen molar-refractivity contribution >= 4 is 5.69 Å². The van der Waals surface area contributed by atoms with Gasteiger partial charge in [0.1, 0.15) is 5.75 Å². The van der Waals surface area contributed by atoms with E-state index in [2.05, 4.69) is 15.3 Å². The first-order valence-corrected chi connectivity index (χ1v) is 6.27. The lowest BCUT2D eigenvalue weighted by Crippen LogP contribution is -2.22. The number of aryl methyl sites for hydroxylation is 1. The number of nitrogens with zero attached hydrogens (tertiary/aromatic N) is 2. The SMILES string of the molecule is Cc1cncc(Oc2cccc(NCC(O)CO)c2)n1. The number of benzene rings is 1. The largest absolute Gasteiger partial charge is 0.437 e. The summed E-state index contributed by atoms with van der Waals surface area (Å²) >= 11 is 0. The van der Waals surface area contributed by atoms with Gasteiger partial charge >= 0.3 is 0 Å². The number of hydrogen-bond donors (Lipinski definition) is 3. The van der Waals surface area contributed by atoms with Gasteiger partial charge < -0.3 is 20.3 Å². The molecule has 0 amide bonds. The monoisotopic (exact) mass is 275 g/mol. The van der Waals surface area contributed by atoms with E-state index in [0.29, 0.717) is 11.6 Å². The molecule has 6 heteroatoms. The number of aliphatic hydroxyl groups excluding tert-OH is 2. The summed E-state index contributed by atoms with van der Waals surface area (Å²) in [4.78, 5) is 8.22. The van der Waals surface area contributed by atoms with E-state index in [0.717, 1.165) is 11.4 Å². The molecule has 1 aromatic carbocycles. The molecule has 0 aliphatic carbocycles. The summed E-state index contributed by atoms with van der Waals surface area (Å²) in [5.74, 6) is 1.05. The highest BCUT2D eigenvalue weighted by atomic mass is 16.5. The standard InChI is InChI=1S/C14H17N3O3/c1-10-6-15-8-14(17-10)20-13-4-2-3-11(5-13)16-7-12(19)9-18/h2-6,8,12,16,18-19H,7,9H2,1H3. The molecule has 0 fully saturated rings. The molecule has 0 spiro atoms. The molecule has 1 aromatic heterocycles. The Bertz CT molecular complexity index is 563. The molecule has 106 valence electrons. The lowest BCUT2D eigenvalue weighted by Gasteiger charge is -2.11. The van der Waals surface area contributed by atoms with Gasteiger partial charge in [0.05, 0.1) is 24.6 Å². The zero-order chi connectivity index (χ0) is 14.4. The highest BCUT2D eigenvalue weighted by Gasteiger charge is 2.03. The van der Waals surface area contributed by atoms with E-state index in [9.17, 15) is 5.11 Å². The summed E-state index contributed by atoms with van der Waals surface area (Å²) in [5, 5.41) is 21.1. The lowest BCUT2D eigenvalue weighted by molar-refractivity contribution is 0.105. The van der Waals surface area contributed by atoms with Gasteiger partial charge in [0.2, 0.25) is 5.88 Å². The van der Waals surface area contributed by atoms with Crippen molar-refractivity contribution in [3.05, 3.63) is 42.4 Å². The first-order valence-electron chi connectivity index (χ1n) is 6.27. The second-order valence-corrected chi connectivity index (χ2v) is 4.35. The number of nitrogens with one attached hydrogen (secondary N) is 1. The molecule has 2 aromatic rings. The summed E-state index contributed by atoms with van der Waals surface area (Å²) in [5.41, 5.74) is 1.57. The van der Waals surface area contributed by atoms with Crippen molar-refractivity contribution in [1.29, 1.82) is 0 Å². The van der Waals surface area contributed by atoms with Gasteiger partial charge in [0.15, 0.2) is 0 Å². The molecular formula is C14H17N3O3. The zero-order valence-corrected chi connectivity index (χ0v) is 11.2. The van der Waals surface area contributed by atoms with Crippen LogP contribution in [0.3, 0.4) is 0 Å². The minimum absolute atomic E-state index is 0.268. The predicted molar refractivity (Wildman–Crippen MR) is 74.9 cm³/mol. The molecule has 0 saturated carbocycles. The van der Waals surface area contributed by atoms with Gasteiger partial charge in [-0.2, -0.15) is 0 Å². The molecule has 0 aliphatic heterocycles. The summed E-state index contributed by atoms with van der Waals surface area (Å²) in [6.45, 7) is 1.83. The number of ether oxygens (including phenoxy) is 1. The van der Waals surface area contributed by atoms with Gasteiger partial charge in [0.25, 0.3) is 0 Å². The third kappa shape index (κ3) is 4.18. The number of aliphatic hydroxyl groups is 2. The van der Waals surface area contributed by atoms with Crippen molar-refractivity contribution in [3.8, 4) is 11.6 Å². The van der Waals surface area contributed by atoms with Crippen LogP contribution in [0.2, 0.25) is 0 Å². The van der Waals surface area contributed by atoms with Gasteiger partial charge in [-0.05, 0) is 19.1 Å². The van der Waals surface area contributed by atoms with Gasteiger partial charge in [-0.3, -0.25) is 4.98 Å². The van der Waals surface area contributed by atoms with Gasteiger partial charge in [-0.15, -0.1) is 0 Å². The van der Waals surface area contributed by atoms with E-state index < -0.39 is 6.10 Å². The average Bonchev–Trinajstić information content (AvgIpc) is 2.45. The van der Waals surface area contributed by atoms with E-state index in [4.69, 9.17) is 9.84 Å². The molecule has 3 N–H and O–H groups in total. The Labute approximate surface area is 117 Å². The van der Waals surface area contributed by atoms with E-state index in [1.807, 2.05) is 19.1 Å². The highest BCUT2D eigenvalue weighted by Crippen LogP contribution is 2.22. The number of aromatic nitrogens is 2. The Hall–Kier alpha value is -2.18. The van der Waals surface area contributed by atoms with Crippen LogP contribution in [0, 0.1) is 6.92 Å². The first kappa shape index (κ1) is 14.2. The fourth-order valence-corrected chi connectivity index (χ4v) is 1.58. The molecular weight excluding hydrogens is 258 g/mol. The van der Waals surface area contributed by atoms with Gasteiger partial charge in [-0.1, -0.05) is 6.07 Å². The molecule has 1 atom stereocenters. The first-order chi connectivity index (χ1) is 9.67. The Kier molecular flexibility index (Phi) is 4.86. The summed E-state index contributed by atoms with van der Waals surface area (Å²) in [6, 6.07) is 7.26. The van der Waals surface area contributed by atoms with Crippen LogP contribution in [0.1, 0.15) is 5.69 Å². The Balaban J connectivity index is 2.02. The Morgan fingerprint density at radius 3 is 2.95 bits per heavy atom. The van der Waals surface area contributed by atoms with Crippen LogP contribution in [-0.2, 0) is 0 Å². The van der Waals surface area contributed by atoms with E-state index in [-0.39, 0.29) is 13.2 Å². The predicted octanol–water partition coefficient (Wildman–Crippen LogP) is 1.34. The second kappa shape index (κ2) is 6.83. The van der Waals surface area contributed by atoms with Crippen LogP contribution in [0.15, 0.2) is 36.7 Å². The molecule has 1 unspecified atom stereocenters. The topological polar surface area (TPSA) is 87.5 Å². The van der Waals surface area contributed by atoms with Crippen molar-refractivity contribution in [2.45, 2.75) is 13.0 Å². The van der Waals surface area contributed by atoms with Crippen LogP contribution in [-0.4, -0.2) is 39.4 Å². The molecule has 6 nitrogen and oxygen atoms in total. The minimum Gasteiger partial charge on any atom is -0.437 e. The fraction of sp³-hybridized carbons (Fsp3) is 0.286. The van der Waals surface area contributed by atoms with Crippen molar-refractivity contribution in [3.63, 3.8) is 0 Å². The third-order valence-electron chi connectivity index (χ3n) is 2.54.